The molecule has 1 heterocycles. The van der Waals surface area contributed by atoms with Gasteiger partial charge in [-0.1, -0.05) is 18.2 Å². The second-order valence-corrected chi connectivity index (χ2v) is 5.69. The van der Waals surface area contributed by atoms with E-state index in [-0.39, 0.29) is 5.91 Å². The number of thioether (sulfide) groups is 1. The topological polar surface area (TPSA) is 54.0 Å². The summed E-state index contributed by atoms with van der Waals surface area (Å²) in [5.74, 6) is 1.76. The monoisotopic (exact) mass is 303 g/mol. The second-order valence-electron chi connectivity index (χ2n) is 4.70. The van der Waals surface area contributed by atoms with E-state index in [1.54, 1.807) is 11.8 Å². The molecule has 0 spiro atoms. The van der Waals surface area contributed by atoms with Crippen molar-refractivity contribution in [1.29, 1.82) is 0 Å². The van der Waals surface area contributed by atoms with E-state index in [0.29, 0.717) is 12.1 Å². The molecule has 0 radical (unpaired) electrons. The SMILES string of the molecule is CCNc1cc(C(=O)NCCCSC)c2ccccc2n1. The van der Waals surface area contributed by atoms with E-state index in [2.05, 4.69) is 21.9 Å². The number of aromatic nitrogens is 1. The molecule has 0 atom stereocenters. The maximum Gasteiger partial charge on any atom is 0.252 e. The predicted molar refractivity (Wildman–Crippen MR) is 91.2 cm³/mol. The van der Waals surface area contributed by atoms with E-state index in [1.165, 1.54) is 0 Å². The van der Waals surface area contributed by atoms with E-state index in [1.807, 2.05) is 37.3 Å². The summed E-state index contributed by atoms with van der Waals surface area (Å²) in [7, 11) is 0. The molecule has 2 rings (SSSR count). The molecule has 2 N–H and O–H groups in total. The number of benzene rings is 1. The minimum Gasteiger partial charge on any atom is -0.370 e. The van der Waals surface area contributed by atoms with Gasteiger partial charge in [0.1, 0.15) is 5.82 Å². The molecule has 0 bridgehead atoms. The van der Waals surface area contributed by atoms with Crippen LogP contribution in [-0.2, 0) is 0 Å². The highest BCUT2D eigenvalue weighted by atomic mass is 32.2. The van der Waals surface area contributed by atoms with Crippen LogP contribution in [0.3, 0.4) is 0 Å². The number of rotatable bonds is 7. The van der Waals surface area contributed by atoms with Crippen molar-refractivity contribution in [3.8, 4) is 0 Å². The Morgan fingerprint density at radius 2 is 2.14 bits per heavy atom. The van der Waals surface area contributed by atoms with Crippen LogP contribution in [0.2, 0.25) is 0 Å². The van der Waals surface area contributed by atoms with Crippen LogP contribution in [0.1, 0.15) is 23.7 Å². The van der Waals surface area contributed by atoms with E-state index < -0.39 is 0 Å². The molecule has 0 unspecified atom stereocenters. The van der Waals surface area contributed by atoms with Crippen LogP contribution in [0.4, 0.5) is 5.82 Å². The third kappa shape index (κ3) is 4.11. The van der Waals surface area contributed by atoms with Crippen LogP contribution in [0.25, 0.3) is 10.9 Å². The number of amides is 1. The molecule has 5 heteroatoms. The number of anilines is 1. The van der Waals surface area contributed by atoms with Crippen molar-refractivity contribution in [3.63, 3.8) is 0 Å². The highest BCUT2D eigenvalue weighted by Crippen LogP contribution is 2.20. The highest BCUT2D eigenvalue weighted by Gasteiger charge is 2.12. The summed E-state index contributed by atoms with van der Waals surface area (Å²) in [4.78, 5) is 16.9. The Balaban J connectivity index is 2.25. The van der Waals surface area contributed by atoms with Crippen molar-refractivity contribution in [2.45, 2.75) is 13.3 Å². The van der Waals surface area contributed by atoms with Crippen LogP contribution in [-0.4, -0.2) is 36.0 Å². The van der Waals surface area contributed by atoms with Gasteiger partial charge in [0.25, 0.3) is 5.91 Å². The molecule has 1 amide bonds. The summed E-state index contributed by atoms with van der Waals surface area (Å²) in [5, 5.41) is 7.05. The molecule has 21 heavy (non-hydrogen) atoms. The van der Waals surface area contributed by atoms with E-state index >= 15 is 0 Å². The van der Waals surface area contributed by atoms with Gasteiger partial charge in [0.15, 0.2) is 0 Å². The summed E-state index contributed by atoms with van der Waals surface area (Å²) in [6.45, 7) is 3.49. The summed E-state index contributed by atoms with van der Waals surface area (Å²) in [6, 6.07) is 9.57. The van der Waals surface area contributed by atoms with Gasteiger partial charge >= 0.3 is 0 Å². The Kier molecular flexibility index (Phi) is 5.87. The van der Waals surface area contributed by atoms with Gasteiger partial charge in [-0.05, 0) is 37.5 Å². The van der Waals surface area contributed by atoms with Gasteiger partial charge in [-0.25, -0.2) is 4.98 Å². The summed E-state index contributed by atoms with van der Waals surface area (Å²) in [5.41, 5.74) is 1.52. The number of para-hydroxylation sites is 1. The molecule has 1 aromatic carbocycles. The fourth-order valence-electron chi connectivity index (χ4n) is 2.15. The zero-order valence-corrected chi connectivity index (χ0v) is 13.3. The molecule has 0 saturated heterocycles. The first kappa shape index (κ1) is 15.6. The Bertz CT molecular complexity index is 615. The van der Waals surface area contributed by atoms with Crippen molar-refractivity contribution in [1.82, 2.24) is 10.3 Å². The third-order valence-electron chi connectivity index (χ3n) is 3.13. The first-order valence-corrected chi connectivity index (χ1v) is 8.56. The standard InChI is InChI=1S/C16H21N3OS/c1-3-17-15-11-13(16(20)18-9-6-10-21-2)12-7-4-5-8-14(12)19-15/h4-5,7-8,11H,3,6,9-10H2,1-2H3,(H,17,19)(H,18,20). The van der Waals surface area contributed by atoms with Crippen LogP contribution in [0.15, 0.2) is 30.3 Å². The average molecular weight is 303 g/mol. The Hall–Kier alpha value is -1.75. The summed E-state index contributed by atoms with van der Waals surface area (Å²) >= 11 is 1.79. The fourth-order valence-corrected chi connectivity index (χ4v) is 2.58. The Morgan fingerprint density at radius 1 is 1.33 bits per heavy atom. The first-order valence-electron chi connectivity index (χ1n) is 7.17. The van der Waals surface area contributed by atoms with E-state index in [4.69, 9.17) is 0 Å². The van der Waals surface area contributed by atoms with Crippen LogP contribution in [0, 0.1) is 0 Å². The first-order chi connectivity index (χ1) is 10.3. The molecule has 0 aliphatic rings. The van der Waals surface area contributed by atoms with Crippen molar-refractivity contribution in [2.75, 3.05) is 30.4 Å². The lowest BCUT2D eigenvalue weighted by Crippen LogP contribution is -2.25. The molecule has 0 saturated carbocycles. The number of hydrogen-bond acceptors (Lipinski definition) is 4. The number of nitrogens with one attached hydrogen (secondary N) is 2. The lowest BCUT2D eigenvalue weighted by Gasteiger charge is -2.10. The van der Waals surface area contributed by atoms with Gasteiger partial charge in [0.05, 0.1) is 11.1 Å². The molecule has 2 aromatic rings. The van der Waals surface area contributed by atoms with Crippen molar-refractivity contribution in [2.24, 2.45) is 0 Å². The zero-order valence-electron chi connectivity index (χ0n) is 12.5. The second kappa shape index (κ2) is 7.88. The molecule has 0 fully saturated rings. The van der Waals surface area contributed by atoms with Gasteiger partial charge < -0.3 is 10.6 Å². The lowest BCUT2D eigenvalue weighted by molar-refractivity contribution is 0.0955. The molecule has 4 nitrogen and oxygen atoms in total. The molecule has 112 valence electrons. The molecule has 0 aliphatic heterocycles. The minimum atomic E-state index is -0.0335. The highest BCUT2D eigenvalue weighted by molar-refractivity contribution is 7.98. The normalized spacial score (nSPS) is 10.6. The number of carbonyl (C=O) groups is 1. The smallest absolute Gasteiger partial charge is 0.252 e. The Morgan fingerprint density at radius 3 is 2.90 bits per heavy atom. The largest absolute Gasteiger partial charge is 0.370 e. The van der Waals surface area contributed by atoms with Gasteiger partial charge in [0.2, 0.25) is 0 Å². The minimum absolute atomic E-state index is 0.0335. The number of fused-ring (bicyclic) bond motifs is 1. The van der Waals surface area contributed by atoms with Crippen molar-refractivity contribution < 1.29 is 4.79 Å². The van der Waals surface area contributed by atoms with Gasteiger partial charge in [-0.3, -0.25) is 4.79 Å². The predicted octanol–water partition coefficient (Wildman–Crippen LogP) is 3.15. The van der Waals surface area contributed by atoms with Gasteiger partial charge in [-0.2, -0.15) is 11.8 Å². The maximum absolute atomic E-state index is 12.4. The summed E-state index contributed by atoms with van der Waals surface area (Å²) in [6.07, 6.45) is 3.05. The van der Waals surface area contributed by atoms with Crippen molar-refractivity contribution in [3.05, 3.63) is 35.9 Å². The number of pyridine rings is 1. The fraction of sp³-hybridized carbons (Fsp3) is 0.375. The molecular formula is C16H21N3OS. The van der Waals surface area contributed by atoms with Gasteiger partial charge in [-0.15, -0.1) is 0 Å². The van der Waals surface area contributed by atoms with E-state index in [9.17, 15) is 4.79 Å². The molecule has 1 aromatic heterocycles. The summed E-state index contributed by atoms with van der Waals surface area (Å²) < 4.78 is 0. The van der Waals surface area contributed by atoms with Crippen molar-refractivity contribution >= 4 is 34.4 Å². The lowest BCUT2D eigenvalue weighted by atomic mass is 10.1. The van der Waals surface area contributed by atoms with Crippen LogP contribution < -0.4 is 10.6 Å². The number of hydrogen-bond donors (Lipinski definition) is 2. The molecular weight excluding hydrogens is 282 g/mol. The van der Waals surface area contributed by atoms with Gasteiger partial charge in [0, 0.05) is 18.5 Å². The number of carbonyl (C=O) groups excluding carboxylic acids is 1. The Labute approximate surface area is 129 Å². The maximum atomic E-state index is 12.4. The third-order valence-corrected chi connectivity index (χ3v) is 3.83. The quantitative estimate of drug-likeness (QED) is 0.772. The van der Waals surface area contributed by atoms with E-state index in [0.717, 1.165) is 35.4 Å². The van der Waals surface area contributed by atoms with Crippen LogP contribution in [0.5, 0.6) is 0 Å². The zero-order chi connectivity index (χ0) is 15.1. The average Bonchev–Trinajstić information content (AvgIpc) is 2.51. The number of nitrogens with zero attached hydrogens (tertiary/aromatic N) is 1. The van der Waals surface area contributed by atoms with Crippen LogP contribution >= 0.6 is 11.8 Å². The molecule has 0 aliphatic carbocycles.